The van der Waals surface area contributed by atoms with Crippen LogP contribution < -0.4 is 15.2 Å². The van der Waals surface area contributed by atoms with E-state index in [-0.39, 0.29) is 12.2 Å². The lowest BCUT2D eigenvalue weighted by molar-refractivity contribution is 0.122. The number of anilines is 1. The molecule has 156 valence electrons. The average molecular weight is 430 g/mol. The van der Waals surface area contributed by atoms with Crippen molar-refractivity contribution in [3.8, 4) is 11.4 Å². The second kappa shape index (κ2) is 8.85. The van der Waals surface area contributed by atoms with Crippen LogP contribution in [0.1, 0.15) is 11.5 Å². The highest BCUT2D eigenvalue weighted by atomic mass is 35.5. The first kappa shape index (κ1) is 20.4. The molecule has 1 aliphatic heterocycles. The van der Waals surface area contributed by atoms with Gasteiger partial charge < -0.3 is 14.4 Å². The van der Waals surface area contributed by atoms with Crippen molar-refractivity contribution in [3.63, 3.8) is 0 Å². The van der Waals surface area contributed by atoms with Gasteiger partial charge in [-0.2, -0.15) is 0 Å². The van der Waals surface area contributed by atoms with Crippen LogP contribution in [0.15, 0.2) is 53.3 Å². The molecule has 6 nitrogen and oxygen atoms in total. The first-order valence-corrected chi connectivity index (χ1v) is 9.99. The van der Waals surface area contributed by atoms with E-state index in [0.29, 0.717) is 41.2 Å². The van der Waals surface area contributed by atoms with Gasteiger partial charge in [-0.3, -0.25) is 9.36 Å². The van der Waals surface area contributed by atoms with E-state index in [1.807, 2.05) is 12.1 Å². The highest BCUT2D eigenvalue weighted by Gasteiger charge is 2.17. The van der Waals surface area contributed by atoms with Gasteiger partial charge >= 0.3 is 0 Å². The maximum Gasteiger partial charge on any atom is 0.258 e. The van der Waals surface area contributed by atoms with Gasteiger partial charge in [-0.1, -0.05) is 17.7 Å². The van der Waals surface area contributed by atoms with Crippen molar-refractivity contribution in [1.82, 2.24) is 9.55 Å². The molecule has 0 aliphatic carbocycles. The number of nitrogens with zero attached hydrogens (tertiary/aromatic N) is 3. The van der Waals surface area contributed by atoms with Gasteiger partial charge in [0.15, 0.2) is 5.82 Å². The standard InChI is InChI=1S/C22H21ClFN3O3/c1-15-11-22(28)27(21(25-15)14-30-18-4-2-3-16(24)12-18)17-5-6-20(19(23)13-17)26-7-9-29-10-8-26/h2-6,11-13H,7-10,14H2,1H3. The Bertz CT molecular complexity index is 1110. The second-order valence-corrected chi connectivity index (χ2v) is 7.38. The van der Waals surface area contributed by atoms with E-state index >= 15 is 0 Å². The van der Waals surface area contributed by atoms with Crippen LogP contribution in [0.4, 0.5) is 10.1 Å². The molecule has 4 rings (SSSR count). The molecule has 0 bridgehead atoms. The summed E-state index contributed by atoms with van der Waals surface area (Å²) in [5, 5.41) is 0.541. The quantitative estimate of drug-likeness (QED) is 0.618. The van der Waals surface area contributed by atoms with Crippen LogP contribution in [0.2, 0.25) is 5.02 Å². The molecule has 0 atom stereocenters. The van der Waals surface area contributed by atoms with E-state index in [2.05, 4.69) is 9.88 Å². The largest absolute Gasteiger partial charge is 0.486 e. The van der Waals surface area contributed by atoms with Gasteiger partial charge in [-0.05, 0) is 37.3 Å². The Morgan fingerprint density at radius 2 is 1.97 bits per heavy atom. The van der Waals surface area contributed by atoms with E-state index in [1.54, 1.807) is 25.1 Å². The maximum absolute atomic E-state index is 13.4. The van der Waals surface area contributed by atoms with Gasteiger partial charge in [-0.15, -0.1) is 0 Å². The zero-order valence-electron chi connectivity index (χ0n) is 16.5. The summed E-state index contributed by atoms with van der Waals surface area (Å²) >= 11 is 6.55. The predicted molar refractivity (Wildman–Crippen MR) is 113 cm³/mol. The summed E-state index contributed by atoms with van der Waals surface area (Å²) in [4.78, 5) is 19.4. The topological polar surface area (TPSA) is 56.6 Å². The summed E-state index contributed by atoms with van der Waals surface area (Å²) in [6.07, 6.45) is 0. The minimum atomic E-state index is -0.396. The van der Waals surface area contributed by atoms with Crippen molar-refractivity contribution in [1.29, 1.82) is 0 Å². The van der Waals surface area contributed by atoms with E-state index < -0.39 is 5.82 Å². The molecule has 1 aliphatic rings. The lowest BCUT2D eigenvalue weighted by atomic mass is 10.2. The number of halogens is 2. The Morgan fingerprint density at radius 1 is 1.17 bits per heavy atom. The molecule has 0 unspecified atom stereocenters. The van der Waals surface area contributed by atoms with Crippen molar-refractivity contribution in [2.24, 2.45) is 0 Å². The van der Waals surface area contributed by atoms with Crippen LogP contribution in [-0.2, 0) is 11.3 Å². The van der Waals surface area contributed by atoms with E-state index in [9.17, 15) is 9.18 Å². The molecule has 2 aromatic carbocycles. The molecular weight excluding hydrogens is 409 g/mol. The molecule has 3 aromatic rings. The number of morpholine rings is 1. The summed E-state index contributed by atoms with van der Waals surface area (Å²) in [6, 6.07) is 12.8. The summed E-state index contributed by atoms with van der Waals surface area (Å²) in [6.45, 7) is 4.58. The van der Waals surface area contributed by atoms with Gasteiger partial charge in [0.25, 0.3) is 5.56 Å². The third-order valence-corrected chi connectivity index (χ3v) is 5.12. The van der Waals surface area contributed by atoms with E-state index in [4.69, 9.17) is 21.1 Å². The first-order chi connectivity index (χ1) is 14.5. The average Bonchev–Trinajstić information content (AvgIpc) is 2.72. The Balaban J connectivity index is 1.66. The summed E-state index contributed by atoms with van der Waals surface area (Å²) in [5.74, 6) is 0.366. The zero-order chi connectivity index (χ0) is 21.1. The van der Waals surface area contributed by atoms with Crippen molar-refractivity contribution < 1.29 is 13.9 Å². The van der Waals surface area contributed by atoms with Crippen LogP contribution in [-0.4, -0.2) is 35.9 Å². The van der Waals surface area contributed by atoms with Gasteiger partial charge in [-0.25, -0.2) is 9.37 Å². The molecule has 2 heterocycles. The molecule has 0 saturated carbocycles. The molecule has 8 heteroatoms. The third-order valence-electron chi connectivity index (χ3n) is 4.82. The number of aryl methyl sites for hydroxylation is 1. The Morgan fingerprint density at radius 3 is 2.70 bits per heavy atom. The fraction of sp³-hybridized carbons (Fsp3) is 0.273. The van der Waals surface area contributed by atoms with Gasteiger partial charge in [0.05, 0.1) is 29.6 Å². The van der Waals surface area contributed by atoms with Gasteiger partial charge in [0.2, 0.25) is 0 Å². The normalized spacial score (nSPS) is 14.0. The fourth-order valence-electron chi connectivity index (χ4n) is 3.43. The summed E-state index contributed by atoms with van der Waals surface area (Å²) in [5.41, 5.74) is 1.82. The molecule has 1 aromatic heterocycles. The smallest absolute Gasteiger partial charge is 0.258 e. The Kier molecular flexibility index (Phi) is 6.01. The molecule has 0 radical (unpaired) electrons. The van der Waals surface area contributed by atoms with Crippen molar-refractivity contribution >= 4 is 17.3 Å². The minimum absolute atomic E-state index is 0.00318. The molecular formula is C22H21ClFN3O3. The van der Waals surface area contributed by atoms with Crippen LogP contribution in [0, 0.1) is 12.7 Å². The first-order valence-electron chi connectivity index (χ1n) is 9.62. The van der Waals surface area contributed by atoms with Crippen LogP contribution >= 0.6 is 11.6 Å². The Labute approximate surface area is 178 Å². The van der Waals surface area contributed by atoms with E-state index in [1.165, 1.54) is 22.8 Å². The third kappa shape index (κ3) is 4.47. The highest BCUT2D eigenvalue weighted by Crippen LogP contribution is 2.29. The fourth-order valence-corrected chi connectivity index (χ4v) is 3.72. The Hall–Kier alpha value is -2.90. The van der Waals surface area contributed by atoms with Gasteiger partial charge in [0, 0.05) is 30.9 Å². The number of rotatable bonds is 5. The van der Waals surface area contributed by atoms with Gasteiger partial charge in [0.1, 0.15) is 18.2 Å². The molecule has 30 heavy (non-hydrogen) atoms. The van der Waals surface area contributed by atoms with Crippen molar-refractivity contribution in [2.45, 2.75) is 13.5 Å². The maximum atomic E-state index is 13.4. The van der Waals surface area contributed by atoms with Crippen LogP contribution in [0.3, 0.4) is 0 Å². The summed E-state index contributed by atoms with van der Waals surface area (Å²) < 4.78 is 26.0. The molecule has 0 N–H and O–H groups in total. The van der Waals surface area contributed by atoms with E-state index in [0.717, 1.165) is 18.8 Å². The lowest BCUT2D eigenvalue weighted by Gasteiger charge is -2.29. The number of hydrogen-bond donors (Lipinski definition) is 0. The van der Waals surface area contributed by atoms with Crippen LogP contribution in [0.5, 0.6) is 5.75 Å². The molecule has 0 amide bonds. The number of benzene rings is 2. The molecule has 0 spiro atoms. The van der Waals surface area contributed by atoms with Crippen molar-refractivity contribution in [2.75, 3.05) is 31.2 Å². The highest BCUT2D eigenvalue weighted by molar-refractivity contribution is 6.33. The minimum Gasteiger partial charge on any atom is -0.486 e. The SMILES string of the molecule is Cc1cc(=O)n(-c2ccc(N3CCOCC3)c(Cl)c2)c(COc2cccc(F)c2)n1. The number of aromatic nitrogens is 2. The number of ether oxygens (including phenoxy) is 2. The molecule has 1 saturated heterocycles. The number of hydrogen-bond acceptors (Lipinski definition) is 5. The lowest BCUT2D eigenvalue weighted by Crippen LogP contribution is -2.36. The van der Waals surface area contributed by atoms with Crippen molar-refractivity contribution in [3.05, 3.63) is 81.2 Å². The monoisotopic (exact) mass is 429 g/mol. The predicted octanol–water partition coefficient (Wildman–Crippen LogP) is 3.75. The van der Waals surface area contributed by atoms with Crippen LogP contribution in [0.25, 0.3) is 5.69 Å². The zero-order valence-corrected chi connectivity index (χ0v) is 17.2. The second-order valence-electron chi connectivity index (χ2n) is 6.97. The molecule has 1 fully saturated rings. The summed E-state index contributed by atoms with van der Waals surface area (Å²) in [7, 11) is 0.